The molecule has 0 bridgehead atoms. The molecule has 0 N–H and O–H groups in total. The van der Waals surface area contributed by atoms with Gasteiger partial charge in [0.05, 0.1) is 0 Å². The molecule has 0 unspecified atom stereocenters. The first-order valence-corrected chi connectivity index (χ1v) is 8.65. The predicted octanol–water partition coefficient (Wildman–Crippen LogP) is 7.17. The van der Waals surface area contributed by atoms with E-state index in [0.29, 0.717) is 0 Å². The fourth-order valence-electron chi connectivity index (χ4n) is 2.72. The van der Waals surface area contributed by atoms with Crippen LogP contribution in [-0.4, -0.2) is 0 Å². The number of hydrogen-bond acceptors (Lipinski definition) is 0. The van der Waals surface area contributed by atoms with Gasteiger partial charge in [-0.3, -0.25) is 0 Å². The lowest BCUT2D eigenvalue weighted by Gasteiger charge is -2.29. The van der Waals surface area contributed by atoms with E-state index in [0.717, 1.165) is 35.4 Å². The molecular formula is C22H26F4. The molecule has 0 aliphatic heterocycles. The molecule has 0 radical (unpaired) electrons. The van der Waals surface area contributed by atoms with Crippen molar-refractivity contribution in [2.75, 3.05) is 0 Å². The highest BCUT2D eigenvalue weighted by atomic mass is 19.3. The SMILES string of the molecule is CC(C)(C)c1ccc(C(F)(F)C(F)(F)c2ccc(C(C)(C)C)cc2)cc1. The second-order valence-electron chi connectivity index (χ2n) is 8.80. The van der Waals surface area contributed by atoms with Crippen LogP contribution in [0.1, 0.15) is 63.8 Å². The van der Waals surface area contributed by atoms with Gasteiger partial charge in [-0.15, -0.1) is 0 Å². The summed E-state index contributed by atoms with van der Waals surface area (Å²) in [6.45, 7) is 11.6. The second kappa shape index (κ2) is 6.40. The standard InChI is InChI=1S/C22H26F4/c1-19(2,3)15-7-11-17(12-8-15)21(23,24)22(25,26)18-13-9-16(10-14-18)20(4,5)6/h7-14H,1-6H3. The normalized spacial score (nSPS) is 13.8. The van der Waals surface area contributed by atoms with Crippen LogP contribution in [0.15, 0.2) is 48.5 Å². The summed E-state index contributed by atoms with van der Waals surface area (Å²) in [5.41, 5.74) is -0.214. The van der Waals surface area contributed by atoms with Gasteiger partial charge in [-0.25, -0.2) is 0 Å². The Kier molecular flexibility index (Phi) is 5.04. The van der Waals surface area contributed by atoms with Crippen molar-refractivity contribution in [3.05, 3.63) is 70.8 Å². The predicted molar refractivity (Wildman–Crippen MR) is 98.1 cm³/mol. The smallest absolute Gasteiger partial charge is 0.194 e. The molecule has 0 spiro atoms. The third-order valence-corrected chi connectivity index (χ3v) is 4.62. The maximum Gasteiger partial charge on any atom is 0.339 e. The zero-order chi connectivity index (χ0) is 20.0. The second-order valence-corrected chi connectivity index (χ2v) is 8.80. The van der Waals surface area contributed by atoms with Crippen molar-refractivity contribution in [3.8, 4) is 0 Å². The Morgan fingerprint density at radius 2 is 0.615 bits per heavy atom. The first kappa shape index (κ1) is 20.5. The van der Waals surface area contributed by atoms with Crippen molar-refractivity contribution in [2.45, 2.75) is 64.2 Å². The quantitative estimate of drug-likeness (QED) is 0.505. The Morgan fingerprint density at radius 3 is 0.808 bits per heavy atom. The monoisotopic (exact) mass is 366 g/mol. The zero-order valence-electron chi connectivity index (χ0n) is 16.1. The first-order valence-electron chi connectivity index (χ1n) is 8.65. The number of rotatable bonds is 3. The van der Waals surface area contributed by atoms with Crippen molar-refractivity contribution >= 4 is 0 Å². The molecule has 0 fully saturated rings. The van der Waals surface area contributed by atoms with Gasteiger partial charge in [-0.2, -0.15) is 17.6 Å². The van der Waals surface area contributed by atoms with Gasteiger partial charge in [0.2, 0.25) is 0 Å². The van der Waals surface area contributed by atoms with Crippen molar-refractivity contribution < 1.29 is 17.6 Å². The van der Waals surface area contributed by atoms with Crippen molar-refractivity contribution in [1.29, 1.82) is 0 Å². The third-order valence-electron chi connectivity index (χ3n) is 4.62. The topological polar surface area (TPSA) is 0 Å². The fourth-order valence-corrected chi connectivity index (χ4v) is 2.72. The molecule has 0 aliphatic rings. The largest absolute Gasteiger partial charge is 0.339 e. The van der Waals surface area contributed by atoms with Gasteiger partial charge >= 0.3 is 11.8 Å². The van der Waals surface area contributed by atoms with Crippen LogP contribution in [0.5, 0.6) is 0 Å². The van der Waals surface area contributed by atoms with Gasteiger partial charge < -0.3 is 0 Å². The lowest BCUT2D eigenvalue weighted by atomic mass is 9.84. The molecule has 2 aromatic rings. The molecule has 2 aromatic carbocycles. The summed E-state index contributed by atoms with van der Waals surface area (Å²) in [7, 11) is 0. The van der Waals surface area contributed by atoms with E-state index < -0.39 is 23.0 Å². The summed E-state index contributed by atoms with van der Waals surface area (Å²) in [5.74, 6) is -8.60. The Bertz CT molecular complexity index is 675. The van der Waals surface area contributed by atoms with Crippen molar-refractivity contribution in [1.82, 2.24) is 0 Å². The molecule has 4 heteroatoms. The summed E-state index contributed by atoms with van der Waals surface area (Å²) >= 11 is 0. The van der Waals surface area contributed by atoms with Gasteiger partial charge in [0.25, 0.3) is 0 Å². The maximum atomic E-state index is 14.6. The molecule has 0 nitrogen and oxygen atoms in total. The van der Waals surface area contributed by atoms with E-state index >= 15 is 0 Å². The fraction of sp³-hybridized carbons (Fsp3) is 0.455. The molecule has 0 aliphatic carbocycles. The molecule has 0 aromatic heterocycles. The van der Waals surface area contributed by atoms with Gasteiger partial charge in [0.1, 0.15) is 0 Å². The van der Waals surface area contributed by atoms with E-state index in [1.807, 2.05) is 41.5 Å². The molecule has 142 valence electrons. The van der Waals surface area contributed by atoms with Crippen molar-refractivity contribution in [3.63, 3.8) is 0 Å². The highest BCUT2D eigenvalue weighted by Crippen LogP contribution is 2.49. The lowest BCUT2D eigenvalue weighted by molar-refractivity contribution is -0.223. The summed E-state index contributed by atoms with van der Waals surface area (Å²) in [6, 6.07) is 10.3. The summed E-state index contributed by atoms with van der Waals surface area (Å²) in [5, 5.41) is 0. The molecule has 2 rings (SSSR count). The lowest BCUT2D eigenvalue weighted by Crippen LogP contribution is -2.35. The molecule has 0 amide bonds. The minimum atomic E-state index is -4.30. The highest BCUT2D eigenvalue weighted by Gasteiger charge is 2.58. The van der Waals surface area contributed by atoms with E-state index in [-0.39, 0.29) is 10.8 Å². The average molecular weight is 366 g/mol. The van der Waals surface area contributed by atoms with Crippen LogP contribution in [0.4, 0.5) is 17.6 Å². The van der Waals surface area contributed by atoms with Gasteiger partial charge in [-0.05, 0) is 22.0 Å². The summed E-state index contributed by atoms with van der Waals surface area (Å²) < 4.78 is 58.5. The number of benzene rings is 2. The molecule has 0 saturated heterocycles. The molecule has 0 atom stereocenters. The van der Waals surface area contributed by atoms with E-state index in [1.54, 1.807) is 0 Å². The minimum Gasteiger partial charge on any atom is -0.194 e. The van der Waals surface area contributed by atoms with E-state index in [9.17, 15) is 17.6 Å². The maximum absolute atomic E-state index is 14.6. The molecular weight excluding hydrogens is 340 g/mol. The number of hydrogen-bond donors (Lipinski definition) is 0. The Morgan fingerprint density at radius 1 is 0.423 bits per heavy atom. The minimum absolute atomic E-state index is 0.237. The summed E-state index contributed by atoms with van der Waals surface area (Å²) in [6.07, 6.45) is 0. The Balaban J connectivity index is 2.40. The number of halogens is 4. The first-order chi connectivity index (χ1) is 11.7. The molecule has 0 saturated carbocycles. The van der Waals surface area contributed by atoms with Crippen LogP contribution in [0.25, 0.3) is 0 Å². The van der Waals surface area contributed by atoms with Gasteiger partial charge in [0, 0.05) is 11.1 Å². The van der Waals surface area contributed by atoms with Crippen LogP contribution < -0.4 is 0 Å². The van der Waals surface area contributed by atoms with Gasteiger partial charge in [-0.1, -0.05) is 90.1 Å². The Hall–Kier alpha value is -1.84. The zero-order valence-corrected chi connectivity index (χ0v) is 16.1. The Labute approximate surface area is 153 Å². The third kappa shape index (κ3) is 3.79. The van der Waals surface area contributed by atoms with Crippen LogP contribution >= 0.6 is 0 Å². The average Bonchev–Trinajstić information content (AvgIpc) is 2.53. The molecule has 26 heavy (non-hydrogen) atoms. The van der Waals surface area contributed by atoms with E-state index in [2.05, 4.69) is 0 Å². The van der Waals surface area contributed by atoms with Crippen LogP contribution in [0.3, 0.4) is 0 Å². The molecule has 0 heterocycles. The van der Waals surface area contributed by atoms with Crippen LogP contribution in [0.2, 0.25) is 0 Å². The van der Waals surface area contributed by atoms with Gasteiger partial charge in [0.15, 0.2) is 0 Å². The highest BCUT2D eigenvalue weighted by molar-refractivity contribution is 5.36. The van der Waals surface area contributed by atoms with Crippen LogP contribution in [-0.2, 0) is 22.7 Å². The van der Waals surface area contributed by atoms with Crippen LogP contribution in [0, 0.1) is 0 Å². The van der Waals surface area contributed by atoms with Crippen molar-refractivity contribution in [2.24, 2.45) is 0 Å². The van der Waals surface area contributed by atoms with E-state index in [1.165, 1.54) is 24.3 Å². The van der Waals surface area contributed by atoms with E-state index in [4.69, 9.17) is 0 Å². The summed E-state index contributed by atoms with van der Waals surface area (Å²) in [4.78, 5) is 0. The number of alkyl halides is 4.